The number of methoxy groups -OCH3 is 1. The van der Waals surface area contributed by atoms with Gasteiger partial charge in [-0.25, -0.2) is 4.79 Å². The maximum absolute atomic E-state index is 12.7. The second-order valence-corrected chi connectivity index (χ2v) is 8.54. The lowest BCUT2D eigenvalue weighted by atomic mass is 9.81. The standard InChI is InChI=1S/C24H26N2O6/c1-24(22(28)29)13-26(14-24)21(27)20(12-31-2)25-23(30)32-11-19-17-9-5-3-7-15(17)16-8-4-6-10-18(16)19/h3-10,19-20H,11-14H2,1-2H3,(H,25,30)(H,28,29). The van der Waals surface area contributed by atoms with Crippen LogP contribution in [0.4, 0.5) is 4.79 Å². The van der Waals surface area contributed by atoms with Crippen LogP contribution in [0.1, 0.15) is 24.0 Å². The quantitative estimate of drug-likeness (QED) is 0.688. The fraction of sp³-hybridized carbons (Fsp3) is 0.375. The number of nitrogens with zero attached hydrogens (tertiary/aromatic N) is 1. The Morgan fingerprint density at radius 1 is 1.09 bits per heavy atom. The van der Waals surface area contributed by atoms with Crippen molar-refractivity contribution in [1.29, 1.82) is 0 Å². The van der Waals surface area contributed by atoms with Gasteiger partial charge < -0.3 is 24.8 Å². The lowest BCUT2D eigenvalue weighted by Gasteiger charge is -2.45. The first-order valence-electron chi connectivity index (χ1n) is 10.5. The molecule has 1 fully saturated rings. The molecule has 2 amide bonds. The number of carbonyl (C=O) groups is 3. The molecule has 2 aromatic rings. The number of ether oxygens (including phenoxy) is 2. The monoisotopic (exact) mass is 438 g/mol. The molecule has 4 rings (SSSR count). The van der Waals surface area contributed by atoms with Crippen LogP contribution < -0.4 is 5.32 Å². The lowest BCUT2D eigenvalue weighted by Crippen LogP contribution is -2.64. The Labute approximate surface area is 186 Å². The number of carboxylic acids is 1. The fourth-order valence-electron chi connectivity index (χ4n) is 4.43. The van der Waals surface area contributed by atoms with Gasteiger partial charge >= 0.3 is 12.1 Å². The summed E-state index contributed by atoms with van der Waals surface area (Å²) in [5.41, 5.74) is 3.49. The number of rotatable bonds is 7. The smallest absolute Gasteiger partial charge is 0.407 e. The van der Waals surface area contributed by atoms with Gasteiger partial charge in [0.25, 0.3) is 0 Å². The van der Waals surface area contributed by atoms with E-state index >= 15 is 0 Å². The highest BCUT2D eigenvalue weighted by Gasteiger charge is 2.48. The number of benzene rings is 2. The summed E-state index contributed by atoms with van der Waals surface area (Å²) in [6.45, 7) is 1.86. The number of hydrogen-bond acceptors (Lipinski definition) is 5. The minimum atomic E-state index is -0.961. The maximum Gasteiger partial charge on any atom is 0.407 e. The molecule has 2 aromatic carbocycles. The molecule has 168 valence electrons. The van der Waals surface area contributed by atoms with Crippen LogP contribution in [0, 0.1) is 5.41 Å². The van der Waals surface area contributed by atoms with Crippen LogP contribution in [0.5, 0.6) is 0 Å². The Morgan fingerprint density at radius 3 is 2.19 bits per heavy atom. The molecule has 0 aromatic heterocycles. The van der Waals surface area contributed by atoms with Crippen LogP contribution in [0.2, 0.25) is 0 Å². The van der Waals surface area contributed by atoms with Crippen LogP contribution in [-0.2, 0) is 19.1 Å². The van der Waals surface area contributed by atoms with Crippen LogP contribution in [0.3, 0.4) is 0 Å². The second-order valence-electron chi connectivity index (χ2n) is 8.54. The van der Waals surface area contributed by atoms with Crippen molar-refractivity contribution in [3.05, 3.63) is 59.7 Å². The third-order valence-electron chi connectivity index (χ3n) is 6.17. The maximum atomic E-state index is 12.7. The van der Waals surface area contributed by atoms with Crippen molar-refractivity contribution in [2.24, 2.45) is 5.41 Å². The van der Waals surface area contributed by atoms with E-state index in [1.54, 1.807) is 6.92 Å². The predicted molar refractivity (Wildman–Crippen MR) is 116 cm³/mol. The van der Waals surface area contributed by atoms with Crippen molar-refractivity contribution in [2.45, 2.75) is 18.9 Å². The van der Waals surface area contributed by atoms with Gasteiger partial charge in [0.05, 0.1) is 6.61 Å². The Kier molecular flexibility index (Phi) is 5.88. The van der Waals surface area contributed by atoms with Crippen LogP contribution in [0.25, 0.3) is 11.1 Å². The summed E-state index contributed by atoms with van der Waals surface area (Å²) in [5.74, 6) is -1.43. The topological polar surface area (TPSA) is 105 Å². The zero-order chi connectivity index (χ0) is 22.9. The largest absolute Gasteiger partial charge is 0.481 e. The van der Waals surface area contributed by atoms with Crippen molar-refractivity contribution in [3.63, 3.8) is 0 Å². The number of carbonyl (C=O) groups excluding carboxylic acids is 2. The van der Waals surface area contributed by atoms with Crippen LogP contribution in [0.15, 0.2) is 48.5 Å². The lowest BCUT2D eigenvalue weighted by molar-refractivity contribution is -0.165. The van der Waals surface area contributed by atoms with Gasteiger partial charge in [0, 0.05) is 26.1 Å². The molecule has 1 aliphatic carbocycles. The molecule has 0 saturated carbocycles. The zero-order valence-electron chi connectivity index (χ0n) is 18.0. The molecular weight excluding hydrogens is 412 g/mol. The average Bonchev–Trinajstić information content (AvgIpc) is 3.08. The highest BCUT2D eigenvalue weighted by atomic mass is 16.5. The molecule has 1 saturated heterocycles. The summed E-state index contributed by atoms with van der Waals surface area (Å²) in [6.07, 6.45) is -0.719. The Morgan fingerprint density at radius 2 is 1.66 bits per heavy atom. The van der Waals surface area contributed by atoms with E-state index in [9.17, 15) is 19.5 Å². The van der Waals surface area contributed by atoms with Crippen molar-refractivity contribution >= 4 is 18.0 Å². The molecule has 1 aliphatic heterocycles. The van der Waals surface area contributed by atoms with Gasteiger partial charge in [0.1, 0.15) is 18.1 Å². The van der Waals surface area contributed by atoms with E-state index in [4.69, 9.17) is 9.47 Å². The van der Waals surface area contributed by atoms with Gasteiger partial charge in [0.2, 0.25) is 5.91 Å². The number of alkyl carbamates (subject to hydrolysis) is 1. The van der Waals surface area contributed by atoms with E-state index < -0.39 is 23.5 Å². The first-order chi connectivity index (χ1) is 15.3. The van der Waals surface area contributed by atoms with Gasteiger partial charge in [-0.1, -0.05) is 48.5 Å². The van der Waals surface area contributed by atoms with Gasteiger partial charge in [-0.2, -0.15) is 0 Å². The van der Waals surface area contributed by atoms with E-state index in [0.717, 1.165) is 22.3 Å². The van der Waals surface area contributed by atoms with E-state index in [1.807, 2.05) is 36.4 Å². The molecule has 0 spiro atoms. The number of amides is 2. The Hall–Kier alpha value is -3.39. The number of hydrogen-bond donors (Lipinski definition) is 2. The minimum absolute atomic E-state index is 0.0384. The SMILES string of the molecule is COCC(NC(=O)OCC1c2ccccc2-c2ccccc21)C(=O)N1CC(C)(C(=O)O)C1. The summed E-state index contributed by atoms with van der Waals surface area (Å²) in [4.78, 5) is 37.9. The summed E-state index contributed by atoms with van der Waals surface area (Å²) >= 11 is 0. The van der Waals surface area contributed by atoms with Gasteiger partial charge in [-0.05, 0) is 29.2 Å². The van der Waals surface area contributed by atoms with Crippen molar-refractivity contribution in [1.82, 2.24) is 10.2 Å². The number of aliphatic carboxylic acids is 1. The molecule has 1 atom stereocenters. The molecule has 32 heavy (non-hydrogen) atoms. The van der Waals surface area contributed by atoms with Crippen molar-refractivity contribution in [2.75, 3.05) is 33.4 Å². The molecule has 8 nitrogen and oxygen atoms in total. The van der Waals surface area contributed by atoms with Gasteiger partial charge in [0.15, 0.2) is 0 Å². The molecule has 1 unspecified atom stereocenters. The molecule has 1 heterocycles. The van der Waals surface area contributed by atoms with Crippen molar-refractivity contribution < 1.29 is 29.0 Å². The third kappa shape index (κ3) is 3.93. The highest BCUT2D eigenvalue weighted by molar-refractivity contribution is 5.89. The van der Waals surface area contributed by atoms with E-state index in [1.165, 1.54) is 12.0 Å². The number of nitrogens with one attached hydrogen (secondary N) is 1. The molecule has 2 N–H and O–H groups in total. The number of likely N-dealkylation sites (tertiary alicyclic amines) is 1. The number of carboxylic acid groups (broad SMARTS) is 1. The van der Waals surface area contributed by atoms with Crippen molar-refractivity contribution in [3.8, 4) is 11.1 Å². The third-order valence-corrected chi connectivity index (χ3v) is 6.17. The molecule has 0 radical (unpaired) electrons. The van der Waals surface area contributed by atoms with Gasteiger partial charge in [-0.3, -0.25) is 9.59 Å². The Balaban J connectivity index is 1.39. The first-order valence-corrected chi connectivity index (χ1v) is 10.5. The van der Waals surface area contributed by atoms with E-state index in [0.29, 0.717) is 0 Å². The van der Waals surface area contributed by atoms with E-state index in [-0.39, 0.29) is 38.1 Å². The molecular formula is C24H26N2O6. The summed E-state index contributed by atoms with van der Waals surface area (Å²) in [5, 5.41) is 11.8. The molecule has 8 heteroatoms. The zero-order valence-corrected chi connectivity index (χ0v) is 18.0. The van der Waals surface area contributed by atoms with Crippen LogP contribution >= 0.6 is 0 Å². The average molecular weight is 438 g/mol. The second kappa shape index (κ2) is 8.63. The normalized spacial score (nSPS) is 17.0. The molecule has 2 aliphatic rings. The minimum Gasteiger partial charge on any atom is -0.481 e. The fourth-order valence-corrected chi connectivity index (χ4v) is 4.43. The summed E-state index contributed by atoms with van der Waals surface area (Å²) < 4.78 is 10.6. The molecule has 0 bridgehead atoms. The highest BCUT2D eigenvalue weighted by Crippen LogP contribution is 2.44. The summed E-state index contributed by atoms with van der Waals surface area (Å²) in [7, 11) is 1.43. The van der Waals surface area contributed by atoms with Crippen LogP contribution in [-0.4, -0.2) is 67.4 Å². The van der Waals surface area contributed by atoms with Gasteiger partial charge in [-0.15, -0.1) is 0 Å². The van der Waals surface area contributed by atoms with E-state index in [2.05, 4.69) is 17.4 Å². The number of fused-ring (bicyclic) bond motifs is 3. The summed E-state index contributed by atoms with van der Waals surface area (Å²) in [6, 6.07) is 15.1. The first kappa shape index (κ1) is 21.8. The Bertz CT molecular complexity index is 1000. The predicted octanol–water partition coefficient (Wildman–Crippen LogP) is 2.47.